The van der Waals surface area contributed by atoms with Gasteiger partial charge in [0.1, 0.15) is 5.76 Å². The van der Waals surface area contributed by atoms with Crippen LogP contribution in [0.5, 0.6) is 0 Å². The van der Waals surface area contributed by atoms with Crippen LogP contribution in [0, 0.1) is 6.92 Å². The van der Waals surface area contributed by atoms with Crippen molar-refractivity contribution in [3.63, 3.8) is 0 Å². The van der Waals surface area contributed by atoms with E-state index < -0.39 is 0 Å². The Morgan fingerprint density at radius 3 is 2.77 bits per heavy atom. The van der Waals surface area contributed by atoms with Crippen molar-refractivity contribution in [2.45, 2.75) is 6.92 Å². The van der Waals surface area contributed by atoms with Gasteiger partial charge in [0.2, 0.25) is 5.78 Å². The van der Waals surface area contributed by atoms with E-state index in [0.717, 1.165) is 5.76 Å². The number of hydrogen-bond donors (Lipinski definition) is 0. The maximum absolute atomic E-state index is 11.6. The first-order chi connectivity index (χ1) is 6.27. The van der Waals surface area contributed by atoms with Crippen LogP contribution in [0.4, 0.5) is 0 Å². The van der Waals surface area contributed by atoms with E-state index in [2.05, 4.69) is 0 Å². The Hall–Kier alpha value is -1.35. The molecular weight excluding hydrogens is 184 g/mol. The molecule has 2 aromatic heterocycles. The van der Waals surface area contributed by atoms with E-state index in [0.29, 0.717) is 11.3 Å². The van der Waals surface area contributed by atoms with Crippen LogP contribution < -0.4 is 0 Å². The van der Waals surface area contributed by atoms with Crippen molar-refractivity contribution in [2.24, 2.45) is 0 Å². The highest BCUT2D eigenvalue weighted by Gasteiger charge is 2.12. The topological polar surface area (TPSA) is 30.2 Å². The Bertz CT molecular complexity index is 412. The van der Waals surface area contributed by atoms with E-state index in [1.807, 2.05) is 17.7 Å². The molecule has 0 aliphatic rings. The zero-order chi connectivity index (χ0) is 9.26. The third-order valence-electron chi connectivity index (χ3n) is 1.75. The van der Waals surface area contributed by atoms with Gasteiger partial charge in [-0.05, 0) is 30.5 Å². The van der Waals surface area contributed by atoms with E-state index in [4.69, 9.17) is 4.42 Å². The van der Waals surface area contributed by atoms with Gasteiger partial charge in [-0.25, -0.2) is 0 Å². The van der Waals surface area contributed by atoms with Gasteiger partial charge in [0.25, 0.3) is 0 Å². The first kappa shape index (κ1) is 8.26. The summed E-state index contributed by atoms with van der Waals surface area (Å²) in [5.41, 5.74) is 0.694. The van der Waals surface area contributed by atoms with Crippen LogP contribution in [-0.4, -0.2) is 5.78 Å². The summed E-state index contributed by atoms with van der Waals surface area (Å²) in [7, 11) is 0. The highest BCUT2D eigenvalue weighted by Crippen LogP contribution is 2.14. The van der Waals surface area contributed by atoms with Crippen LogP contribution >= 0.6 is 11.3 Å². The molecule has 0 radical (unpaired) electrons. The standard InChI is InChI=1S/C10H8O2S/c1-7-2-3-9(12-7)10(11)8-4-5-13-6-8/h2-6H,1H3. The highest BCUT2D eigenvalue weighted by atomic mass is 32.1. The highest BCUT2D eigenvalue weighted by molar-refractivity contribution is 7.08. The van der Waals surface area contributed by atoms with Crippen molar-refractivity contribution in [1.82, 2.24) is 0 Å². The van der Waals surface area contributed by atoms with Crippen LogP contribution in [0.2, 0.25) is 0 Å². The number of ketones is 1. The number of rotatable bonds is 2. The minimum absolute atomic E-state index is 0.0469. The van der Waals surface area contributed by atoms with Crippen molar-refractivity contribution in [3.05, 3.63) is 46.0 Å². The number of thiophene rings is 1. The molecule has 13 heavy (non-hydrogen) atoms. The molecule has 0 spiro atoms. The molecule has 0 N–H and O–H groups in total. The summed E-state index contributed by atoms with van der Waals surface area (Å²) < 4.78 is 5.22. The molecule has 0 fully saturated rings. The van der Waals surface area contributed by atoms with Gasteiger partial charge in [0.05, 0.1) is 0 Å². The minimum atomic E-state index is -0.0469. The average molecular weight is 192 g/mol. The molecule has 0 aliphatic carbocycles. The first-order valence-corrected chi connectivity index (χ1v) is 4.85. The molecule has 2 aromatic rings. The van der Waals surface area contributed by atoms with Crippen molar-refractivity contribution in [3.8, 4) is 0 Å². The van der Waals surface area contributed by atoms with Gasteiger partial charge in [-0.3, -0.25) is 4.79 Å². The molecule has 0 unspecified atom stereocenters. The molecule has 2 heterocycles. The number of carbonyl (C=O) groups is 1. The summed E-state index contributed by atoms with van der Waals surface area (Å²) >= 11 is 1.51. The molecule has 2 nitrogen and oxygen atoms in total. The van der Waals surface area contributed by atoms with Crippen LogP contribution in [0.1, 0.15) is 21.9 Å². The van der Waals surface area contributed by atoms with Gasteiger partial charge in [0.15, 0.2) is 5.76 Å². The summed E-state index contributed by atoms with van der Waals surface area (Å²) in [6.07, 6.45) is 0. The molecule has 0 amide bonds. The Labute approximate surface area is 79.8 Å². The van der Waals surface area contributed by atoms with Gasteiger partial charge in [-0.15, -0.1) is 0 Å². The third-order valence-corrected chi connectivity index (χ3v) is 2.43. The Balaban J connectivity index is 2.33. The lowest BCUT2D eigenvalue weighted by Crippen LogP contribution is -1.96. The number of carbonyl (C=O) groups excluding carboxylic acids is 1. The predicted molar refractivity (Wildman–Crippen MR) is 51.2 cm³/mol. The molecule has 0 aromatic carbocycles. The number of furan rings is 1. The molecular formula is C10H8O2S. The first-order valence-electron chi connectivity index (χ1n) is 3.91. The van der Waals surface area contributed by atoms with Crippen molar-refractivity contribution < 1.29 is 9.21 Å². The molecule has 66 valence electrons. The second-order valence-corrected chi connectivity index (χ2v) is 3.53. The Kier molecular flexibility index (Phi) is 2.02. The third kappa shape index (κ3) is 1.55. The lowest BCUT2D eigenvalue weighted by molar-refractivity contribution is 0.101. The Morgan fingerprint density at radius 1 is 1.38 bits per heavy atom. The number of aryl methyl sites for hydroxylation is 1. The summed E-state index contributed by atoms with van der Waals surface area (Å²) in [5.74, 6) is 1.13. The van der Waals surface area contributed by atoms with E-state index in [1.165, 1.54) is 11.3 Å². The van der Waals surface area contributed by atoms with Crippen LogP contribution in [0.3, 0.4) is 0 Å². The second kappa shape index (κ2) is 3.18. The van der Waals surface area contributed by atoms with Gasteiger partial charge in [0, 0.05) is 10.9 Å². The lowest BCUT2D eigenvalue weighted by atomic mass is 10.2. The SMILES string of the molecule is Cc1ccc(C(=O)c2ccsc2)o1. The molecule has 0 saturated carbocycles. The fourth-order valence-electron chi connectivity index (χ4n) is 1.09. The van der Waals surface area contributed by atoms with Gasteiger partial charge < -0.3 is 4.42 Å². The van der Waals surface area contributed by atoms with Gasteiger partial charge in [-0.1, -0.05) is 0 Å². The fourth-order valence-corrected chi connectivity index (χ4v) is 1.73. The van der Waals surface area contributed by atoms with Crippen molar-refractivity contribution in [1.29, 1.82) is 0 Å². The number of hydrogen-bond acceptors (Lipinski definition) is 3. The molecule has 0 atom stereocenters. The van der Waals surface area contributed by atoms with Crippen molar-refractivity contribution in [2.75, 3.05) is 0 Å². The fraction of sp³-hybridized carbons (Fsp3) is 0.100. The van der Waals surface area contributed by atoms with E-state index in [1.54, 1.807) is 18.2 Å². The normalized spacial score (nSPS) is 10.2. The molecule has 2 rings (SSSR count). The summed E-state index contributed by atoms with van der Waals surface area (Å²) in [6.45, 7) is 1.82. The average Bonchev–Trinajstić information content (AvgIpc) is 2.72. The van der Waals surface area contributed by atoms with Crippen molar-refractivity contribution >= 4 is 17.1 Å². The smallest absolute Gasteiger partial charge is 0.229 e. The molecule has 0 aliphatic heterocycles. The van der Waals surface area contributed by atoms with Crippen LogP contribution in [0.15, 0.2) is 33.4 Å². The van der Waals surface area contributed by atoms with Gasteiger partial charge in [-0.2, -0.15) is 11.3 Å². The maximum Gasteiger partial charge on any atom is 0.229 e. The van der Waals surface area contributed by atoms with Gasteiger partial charge >= 0.3 is 0 Å². The summed E-state index contributed by atoms with van der Waals surface area (Å²) in [5, 5.41) is 3.70. The lowest BCUT2D eigenvalue weighted by Gasteiger charge is -1.91. The van der Waals surface area contributed by atoms with Crippen LogP contribution in [0.25, 0.3) is 0 Å². The summed E-state index contributed by atoms with van der Waals surface area (Å²) in [4.78, 5) is 11.6. The Morgan fingerprint density at radius 2 is 2.23 bits per heavy atom. The monoisotopic (exact) mass is 192 g/mol. The minimum Gasteiger partial charge on any atom is -0.458 e. The van der Waals surface area contributed by atoms with E-state index in [9.17, 15) is 4.79 Å². The quantitative estimate of drug-likeness (QED) is 0.685. The van der Waals surface area contributed by atoms with Crippen LogP contribution in [-0.2, 0) is 0 Å². The zero-order valence-corrected chi connectivity index (χ0v) is 7.93. The maximum atomic E-state index is 11.6. The molecule has 3 heteroatoms. The predicted octanol–water partition coefficient (Wildman–Crippen LogP) is 2.88. The molecule has 0 saturated heterocycles. The summed E-state index contributed by atoms with van der Waals surface area (Å²) in [6, 6.07) is 5.29. The zero-order valence-electron chi connectivity index (χ0n) is 7.11. The van der Waals surface area contributed by atoms with E-state index >= 15 is 0 Å². The van der Waals surface area contributed by atoms with E-state index in [-0.39, 0.29) is 5.78 Å². The second-order valence-electron chi connectivity index (χ2n) is 2.75. The largest absolute Gasteiger partial charge is 0.458 e. The molecule has 0 bridgehead atoms.